The van der Waals surface area contributed by atoms with Crippen LogP contribution in [-0.2, 0) is 6.54 Å². The highest BCUT2D eigenvalue weighted by Gasteiger charge is 2.28. The molecule has 23 heavy (non-hydrogen) atoms. The Morgan fingerprint density at radius 3 is 2.65 bits per heavy atom. The van der Waals surface area contributed by atoms with Crippen LogP contribution in [0.2, 0.25) is 0 Å². The summed E-state index contributed by atoms with van der Waals surface area (Å²) in [7, 11) is 0. The summed E-state index contributed by atoms with van der Waals surface area (Å²) in [5.74, 6) is 0. The lowest BCUT2D eigenvalue weighted by molar-refractivity contribution is 0.170. The molecule has 0 bridgehead atoms. The first kappa shape index (κ1) is 14.9. The van der Waals surface area contributed by atoms with Crippen molar-refractivity contribution in [2.45, 2.75) is 19.0 Å². The van der Waals surface area contributed by atoms with Crippen molar-refractivity contribution < 1.29 is 0 Å². The van der Waals surface area contributed by atoms with Crippen molar-refractivity contribution in [3.8, 4) is 5.69 Å². The summed E-state index contributed by atoms with van der Waals surface area (Å²) in [4.78, 5) is 9.36. The highest BCUT2D eigenvalue weighted by molar-refractivity contribution is 5.34. The van der Waals surface area contributed by atoms with Gasteiger partial charge in [0.2, 0.25) is 0 Å². The zero-order valence-corrected chi connectivity index (χ0v) is 13.6. The third kappa shape index (κ3) is 3.47. The predicted molar refractivity (Wildman–Crippen MR) is 91.7 cm³/mol. The van der Waals surface area contributed by atoms with E-state index in [1.807, 2.05) is 23.3 Å². The van der Waals surface area contributed by atoms with Gasteiger partial charge < -0.3 is 9.88 Å². The van der Waals surface area contributed by atoms with Gasteiger partial charge in [-0.25, -0.2) is 4.98 Å². The highest BCUT2D eigenvalue weighted by atomic mass is 15.3. The van der Waals surface area contributed by atoms with Gasteiger partial charge in [-0.3, -0.25) is 9.80 Å². The van der Waals surface area contributed by atoms with Gasteiger partial charge in [-0.1, -0.05) is 12.1 Å². The SMILES string of the molecule is c1cn(-c2ccc(CN3CCC(N4CCNCC4)C3)cc2)cn1. The molecule has 2 aromatic rings. The smallest absolute Gasteiger partial charge is 0.0991 e. The fourth-order valence-electron chi connectivity index (χ4n) is 3.74. The van der Waals surface area contributed by atoms with E-state index in [-0.39, 0.29) is 0 Å². The van der Waals surface area contributed by atoms with E-state index in [0.717, 1.165) is 25.7 Å². The number of nitrogens with zero attached hydrogens (tertiary/aromatic N) is 4. The van der Waals surface area contributed by atoms with E-state index in [2.05, 4.69) is 44.4 Å². The number of hydrogen-bond donors (Lipinski definition) is 1. The van der Waals surface area contributed by atoms with Crippen LogP contribution in [0.4, 0.5) is 0 Å². The van der Waals surface area contributed by atoms with E-state index < -0.39 is 0 Å². The number of aromatic nitrogens is 2. The minimum absolute atomic E-state index is 0.752. The van der Waals surface area contributed by atoms with Crippen LogP contribution in [0.15, 0.2) is 43.0 Å². The molecule has 1 unspecified atom stereocenters. The van der Waals surface area contributed by atoms with Gasteiger partial charge in [0.25, 0.3) is 0 Å². The Balaban J connectivity index is 1.33. The first-order valence-corrected chi connectivity index (χ1v) is 8.63. The molecule has 2 aliphatic heterocycles. The van der Waals surface area contributed by atoms with Crippen LogP contribution in [0, 0.1) is 0 Å². The highest BCUT2D eigenvalue weighted by Crippen LogP contribution is 2.19. The van der Waals surface area contributed by atoms with Gasteiger partial charge in [-0.15, -0.1) is 0 Å². The zero-order valence-electron chi connectivity index (χ0n) is 13.6. The molecule has 5 nitrogen and oxygen atoms in total. The average molecular weight is 311 g/mol. The maximum absolute atomic E-state index is 4.10. The number of piperazine rings is 1. The third-order valence-electron chi connectivity index (χ3n) is 5.06. The van der Waals surface area contributed by atoms with Gasteiger partial charge in [-0.2, -0.15) is 0 Å². The van der Waals surface area contributed by atoms with Crippen molar-refractivity contribution in [2.75, 3.05) is 39.3 Å². The Labute approximate surface area is 137 Å². The summed E-state index contributed by atoms with van der Waals surface area (Å²) in [6, 6.07) is 9.60. The van der Waals surface area contributed by atoms with Gasteiger partial charge in [-0.05, 0) is 24.1 Å². The minimum Gasteiger partial charge on any atom is -0.314 e. The quantitative estimate of drug-likeness (QED) is 0.925. The second-order valence-corrected chi connectivity index (χ2v) is 6.60. The van der Waals surface area contributed by atoms with Crippen LogP contribution in [0.5, 0.6) is 0 Å². The summed E-state index contributed by atoms with van der Waals surface area (Å²) < 4.78 is 2.04. The molecule has 5 heteroatoms. The molecule has 0 spiro atoms. The molecule has 122 valence electrons. The summed E-state index contributed by atoms with van der Waals surface area (Å²) >= 11 is 0. The molecule has 3 heterocycles. The number of benzene rings is 1. The van der Waals surface area contributed by atoms with E-state index in [9.17, 15) is 0 Å². The van der Waals surface area contributed by atoms with Gasteiger partial charge in [0.15, 0.2) is 0 Å². The summed E-state index contributed by atoms with van der Waals surface area (Å²) in [5, 5.41) is 3.44. The van der Waals surface area contributed by atoms with Crippen molar-refractivity contribution in [2.24, 2.45) is 0 Å². The first-order valence-electron chi connectivity index (χ1n) is 8.63. The van der Waals surface area contributed by atoms with Crippen LogP contribution in [-0.4, -0.2) is 64.7 Å². The van der Waals surface area contributed by atoms with Gasteiger partial charge >= 0.3 is 0 Å². The maximum Gasteiger partial charge on any atom is 0.0991 e. The Hall–Kier alpha value is -1.69. The Bertz CT molecular complexity index is 601. The molecule has 0 saturated carbocycles. The monoisotopic (exact) mass is 311 g/mol. The Morgan fingerprint density at radius 1 is 1.09 bits per heavy atom. The number of imidazole rings is 1. The normalized spacial score (nSPS) is 23.4. The van der Waals surface area contributed by atoms with E-state index in [4.69, 9.17) is 0 Å². The molecule has 0 aliphatic carbocycles. The van der Waals surface area contributed by atoms with Crippen LogP contribution in [0.1, 0.15) is 12.0 Å². The zero-order chi connectivity index (χ0) is 15.5. The fraction of sp³-hybridized carbons (Fsp3) is 0.500. The van der Waals surface area contributed by atoms with Crippen LogP contribution < -0.4 is 5.32 Å². The third-order valence-corrected chi connectivity index (χ3v) is 5.06. The lowest BCUT2D eigenvalue weighted by Gasteiger charge is -2.32. The maximum atomic E-state index is 4.10. The molecule has 2 aliphatic rings. The molecule has 0 amide bonds. The van der Waals surface area contributed by atoms with Gasteiger partial charge in [0.05, 0.1) is 6.33 Å². The minimum atomic E-state index is 0.752. The molecule has 1 atom stereocenters. The van der Waals surface area contributed by atoms with Crippen LogP contribution >= 0.6 is 0 Å². The molecule has 0 radical (unpaired) electrons. The summed E-state index contributed by atoms with van der Waals surface area (Å²) in [6.07, 6.45) is 6.95. The lowest BCUT2D eigenvalue weighted by Crippen LogP contribution is -2.49. The Morgan fingerprint density at radius 2 is 1.91 bits per heavy atom. The van der Waals surface area contributed by atoms with E-state index in [1.54, 1.807) is 0 Å². The van der Waals surface area contributed by atoms with Gasteiger partial charge in [0.1, 0.15) is 0 Å². The summed E-state index contributed by atoms with van der Waals surface area (Å²) in [5.41, 5.74) is 2.57. The molecule has 1 aromatic carbocycles. The number of nitrogens with one attached hydrogen (secondary N) is 1. The van der Waals surface area contributed by atoms with Gasteiger partial charge in [0, 0.05) is 69.9 Å². The molecule has 2 saturated heterocycles. The second kappa shape index (κ2) is 6.83. The van der Waals surface area contributed by atoms with Crippen molar-refractivity contribution in [1.29, 1.82) is 0 Å². The lowest BCUT2D eigenvalue weighted by atomic mass is 10.2. The summed E-state index contributed by atoms with van der Waals surface area (Å²) in [6.45, 7) is 8.20. The Kier molecular flexibility index (Phi) is 4.41. The number of hydrogen-bond acceptors (Lipinski definition) is 4. The standard InChI is InChI=1S/C18H25N5/c1-3-17(23-12-8-20-15-23)4-2-16(1)13-21-9-5-18(14-21)22-10-6-19-7-11-22/h1-4,8,12,15,18-19H,5-7,9-11,13-14H2. The molecule has 4 rings (SSSR count). The molecular weight excluding hydrogens is 286 g/mol. The molecule has 1 N–H and O–H groups in total. The van der Waals surface area contributed by atoms with Crippen molar-refractivity contribution in [3.63, 3.8) is 0 Å². The predicted octanol–water partition coefficient (Wildman–Crippen LogP) is 1.35. The van der Waals surface area contributed by atoms with E-state index >= 15 is 0 Å². The van der Waals surface area contributed by atoms with Crippen molar-refractivity contribution >= 4 is 0 Å². The number of rotatable bonds is 4. The molecule has 2 fully saturated rings. The topological polar surface area (TPSA) is 36.3 Å². The van der Waals surface area contributed by atoms with E-state index in [0.29, 0.717) is 0 Å². The van der Waals surface area contributed by atoms with Crippen molar-refractivity contribution in [1.82, 2.24) is 24.7 Å². The van der Waals surface area contributed by atoms with E-state index in [1.165, 1.54) is 43.9 Å². The van der Waals surface area contributed by atoms with Crippen LogP contribution in [0.3, 0.4) is 0 Å². The van der Waals surface area contributed by atoms with Crippen molar-refractivity contribution in [3.05, 3.63) is 48.5 Å². The second-order valence-electron chi connectivity index (χ2n) is 6.60. The first-order chi connectivity index (χ1) is 11.4. The van der Waals surface area contributed by atoms with Crippen LogP contribution in [0.25, 0.3) is 5.69 Å². The largest absolute Gasteiger partial charge is 0.314 e. The molecular formula is C18H25N5. The molecule has 1 aromatic heterocycles. The number of likely N-dealkylation sites (tertiary alicyclic amines) is 1. The fourth-order valence-corrected chi connectivity index (χ4v) is 3.74. The average Bonchev–Trinajstić information content (AvgIpc) is 3.28.